The van der Waals surface area contributed by atoms with E-state index < -0.39 is 11.9 Å². The summed E-state index contributed by atoms with van der Waals surface area (Å²) in [4.78, 5) is 28.5. The van der Waals surface area contributed by atoms with Crippen molar-refractivity contribution >= 4 is 11.9 Å². The van der Waals surface area contributed by atoms with Gasteiger partial charge in [-0.25, -0.2) is 4.98 Å². The van der Waals surface area contributed by atoms with E-state index in [9.17, 15) is 9.59 Å². The lowest BCUT2D eigenvalue weighted by Crippen LogP contribution is -2.35. The van der Waals surface area contributed by atoms with Crippen molar-refractivity contribution in [3.05, 3.63) is 23.9 Å². The van der Waals surface area contributed by atoms with E-state index in [0.717, 1.165) is 0 Å². The number of hydrogen-bond donors (Lipinski definition) is 0. The number of ether oxygens (including phenoxy) is 3. The van der Waals surface area contributed by atoms with E-state index in [2.05, 4.69) is 14.5 Å². The number of rotatable bonds is 7. The maximum Gasteiger partial charge on any atom is 0.319 e. The molecule has 0 spiro atoms. The molecule has 110 valence electrons. The molecule has 0 aliphatic carbocycles. The summed E-state index contributed by atoms with van der Waals surface area (Å²) >= 11 is 0. The first kappa shape index (κ1) is 15.9. The van der Waals surface area contributed by atoms with Gasteiger partial charge in [0, 0.05) is 12.6 Å². The van der Waals surface area contributed by atoms with Crippen molar-refractivity contribution < 1.29 is 23.8 Å². The van der Waals surface area contributed by atoms with Crippen LogP contribution in [0.2, 0.25) is 0 Å². The van der Waals surface area contributed by atoms with Gasteiger partial charge in [0.2, 0.25) is 5.88 Å². The lowest BCUT2D eigenvalue weighted by atomic mass is 10.3. The van der Waals surface area contributed by atoms with Crippen molar-refractivity contribution in [1.82, 2.24) is 9.88 Å². The summed E-state index contributed by atoms with van der Waals surface area (Å²) in [5.74, 6) is -0.396. The quantitative estimate of drug-likeness (QED) is 0.663. The summed E-state index contributed by atoms with van der Waals surface area (Å²) < 4.78 is 14.2. The van der Waals surface area contributed by atoms with Crippen LogP contribution in [0.25, 0.3) is 0 Å². The van der Waals surface area contributed by atoms with Gasteiger partial charge in [-0.05, 0) is 6.07 Å². The van der Waals surface area contributed by atoms with Gasteiger partial charge in [0.05, 0.1) is 40.1 Å². The summed E-state index contributed by atoms with van der Waals surface area (Å²) in [6.07, 6.45) is 0. The number of aromatic nitrogens is 1. The first-order valence-electron chi connectivity index (χ1n) is 5.95. The molecule has 0 saturated carbocycles. The third-order valence-electron chi connectivity index (χ3n) is 2.54. The van der Waals surface area contributed by atoms with Gasteiger partial charge in [0.25, 0.3) is 0 Å². The highest BCUT2D eigenvalue weighted by Crippen LogP contribution is 2.09. The molecule has 7 nitrogen and oxygen atoms in total. The number of hydrogen-bond acceptors (Lipinski definition) is 7. The molecule has 0 aromatic carbocycles. The average molecular weight is 282 g/mol. The van der Waals surface area contributed by atoms with Crippen LogP contribution in [0.15, 0.2) is 18.2 Å². The molecule has 0 amide bonds. The van der Waals surface area contributed by atoms with Gasteiger partial charge in [0.15, 0.2) is 0 Å². The molecule has 7 heteroatoms. The molecule has 0 atom stereocenters. The molecule has 0 N–H and O–H groups in total. The lowest BCUT2D eigenvalue weighted by molar-refractivity contribution is -0.145. The molecular formula is C13H18N2O5. The fourth-order valence-corrected chi connectivity index (χ4v) is 1.55. The van der Waals surface area contributed by atoms with E-state index in [1.54, 1.807) is 23.1 Å². The van der Waals surface area contributed by atoms with E-state index in [1.165, 1.54) is 21.3 Å². The summed E-state index contributed by atoms with van der Waals surface area (Å²) in [6, 6.07) is 5.29. The van der Waals surface area contributed by atoms with Crippen molar-refractivity contribution in [1.29, 1.82) is 0 Å². The number of esters is 2. The van der Waals surface area contributed by atoms with Crippen LogP contribution in [-0.2, 0) is 25.6 Å². The Balaban J connectivity index is 2.76. The Kier molecular flexibility index (Phi) is 6.45. The highest BCUT2D eigenvalue weighted by Gasteiger charge is 2.16. The molecule has 0 radical (unpaired) electrons. The maximum absolute atomic E-state index is 11.3. The third-order valence-corrected chi connectivity index (χ3v) is 2.54. The van der Waals surface area contributed by atoms with Crippen LogP contribution in [-0.4, -0.2) is 56.2 Å². The molecular weight excluding hydrogens is 264 g/mol. The standard InChI is InChI=1S/C13H18N2O5/c1-18-11-6-4-5-10(14-11)7-15(8-12(16)19-2)9-13(17)20-3/h4-6H,7-9H2,1-3H3. The second-order valence-corrected chi connectivity index (χ2v) is 3.97. The second-order valence-electron chi connectivity index (χ2n) is 3.97. The fraction of sp³-hybridized carbons (Fsp3) is 0.462. The maximum atomic E-state index is 11.3. The van der Waals surface area contributed by atoms with E-state index in [-0.39, 0.29) is 13.1 Å². The Labute approximate surface area is 117 Å². The Morgan fingerprint density at radius 2 is 1.70 bits per heavy atom. The minimum Gasteiger partial charge on any atom is -0.481 e. The molecule has 1 heterocycles. The van der Waals surface area contributed by atoms with Crippen molar-refractivity contribution in [3.63, 3.8) is 0 Å². The van der Waals surface area contributed by atoms with Crippen molar-refractivity contribution in [2.24, 2.45) is 0 Å². The summed E-state index contributed by atoms with van der Waals surface area (Å²) in [5.41, 5.74) is 0.678. The van der Waals surface area contributed by atoms with Gasteiger partial charge in [-0.1, -0.05) is 6.07 Å². The van der Waals surface area contributed by atoms with Gasteiger partial charge >= 0.3 is 11.9 Å². The molecule has 0 saturated heterocycles. The Bertz CT molecular complexity index is 446. The zero-order valence-electron chi connectivity index (χ0n) is 11.8. The van der Waals surface area contributed by atoms with Crippen molar-refractivity contribution in [2.75, 3.05) is 34.4 Å². The number of nitrogens with zero attached hydrogens (tertiary/aromatic N) is 2. The molecule has 0 fully saturated rings. The smallest absolute Gasteiger partial charge is 0.319 e. The zero-order chi connectivity index (χ0) is 15.0. The molecule has 1 aromatic rings. The van der Waals surface area contributed by atoms with E-state index in [0.29, 0.717) is 18.1 Å². The van der Waals surface area contributed by atoms with E-state index in [1.807, 2.05) is 0 Å². The van der Waals surface area contributed by atoms with E-state index in [4.69, 9.17) is 4.74 Å². The Morgan fingerprint density at radius 1 is 1.10 bits per heavy atom. The van der Waals surface area contributed by atoms with Gasteiger partial charge in [-0.2, -0.15) is 0 Å². The molecule has 0 aliphatic rings. The lowest BCUT2D eigenvalue weighted by Gasteiger charge is -2.19. The normalized spacial score (nSPS) is 10.2. The van der Waals surface area contributed by atoms with Crippen molar-refractivity contribution in [2.45, 2.75) is 6.54 Å². The number of pyridine rings is 1. The van der Waals surface area contributed by atoms with Gasteiger partial charge in [-0.3, -0.25) is 14.5 Å². The fourth-order valence-electron chi connectivity index (χ4n) is 1.55. The molecule has 1 rings (SSSR count). The first-order chi connectivity index (χ1) is 9.58. The number of carbonyl (C=O) groups is 2. The van der Waals surface area contributed by atoms with Crippen LogP contribution in [0.3, 0.4) is 0 Å². The second kappa shape index (κ2) is 8.11. The Hall–Kier alpha value is -2.15. The molecule has 0 unspecified atom stereocenters. The summed E-state index contributed by atoms with van der Waals surface area (Å²) in [7, 11) is 4.11. The zero-order valence-corrected chi connectivity index (χ0v) is 11.8. The first-order valence-corrected chi connectivity index (χ1v) is 5.95. The van der Waals surface area contributed by atoms with Crippen LogP contribution in [0.5, 0.6) is 5.88 Å². The predicted molar refractivity (Wildman–Crippen MR) is 70.1 cm³/mol. The number of methoxy groups -OCH3 is 3. The molecule has 0 aliphatic heterocycles. The summed E-state index contributed by atoms with van der Waals surface area (Å²) in [6.45, 7) is 0.260. The molecule has 20 heavy (non-hydrogen) atoms. The van der Waals surface area contributed by atoms with Gasteiger partial charge in [0.1, 0.15) is 0 Å². The van der Waals surface area contributed by atoms with Gasteiger partial charge < -0.3 is 14.2 Å². The highest BCUT2D eigenvalue weighted by molar-refractivity contribution is 5.74. The highest BCUT2D eigenvalue weighted by atomic mass is 16.5. The predicted octanol–water partition coefficient (Wildman–Crippen LogP) is 0.238. The Morgan fingerprint density at radius 3 is 2.20 bits per heavy atom. The van der Waals surface area contributed by atoms with E-state index >= 15 is 0 Å². The summed E-state index contributed by atoms with van der Waals surface area (Å²) in [5, 5.41) is 0. The van der Waals surface area contributed by atoms with Crippen LogP contribution in [0.4, 0.5) is 0 Å². The third kappa shape index (κ3) is 5.23. The monoisotopic (exact) mass is 282 g/mol. The minimum atomic E-state index is -0.434. The van der Waals surface area contributed by atoms with Crippen molar-refractivity contribution in [3.8, 4) is 5.88 Å². The molecule has 1 aromatic heterocycles. The van der Waals surface area contributed by atoms with Crippen LogP contribution < -0.4 is 4.74 Å². The van der Waals surface area contributed by atoms with Crippen LogP contribution in [0, 0.1) is 0 Å². The number of carbonyl (C=O) groups excluding carboxylic acids is 2. The minimum absolute atomic E-state index is 0.0233. The molecule has 0 bridgehead atoms. The van der Waals surface area contributed by atoms with Crippen LogP contribution >= 0.6 is 0 Å². The average Bonchev–Trinajstić information content (AvgIpc) is 2.46. The largest absolute Gasteiger partial charge is 0.481 e. The van der Waals surface area contributed by atoms with Crippen LogP contribution in [0.1, 0.15) is 5.69 Å². The topological polar surface area (TPSA) is 78.0 Å². The van der Waals surface area contributed by atoms with Gasteiger partial charge in [-0.15, -0.1) is 0 Å². The SMILES string of the molecule is COC(=O)CN(CC(=O)OC)Cc1cccc(OC)n1.